The molecule has 1 aliphatic rings. The predicted octanol–water partition coefficient (Wildman–Crippen LogP) is 4.64. The van der Waals surface area contributed by atoms with Crippen LogP contribution in [-0.2, 0) is 6.54 Å². The van der Waals surface area contributed by atoms with Crippen LogP contribution in [0.2, 0.25) is 0 Å². The molecule has 2 heterocycles. The number of rotatable bonds is 5. The lowest BCUT2D eigenvalue weighted by Gasteiger charge is -2.26. The average Bonchev–Trinajstić information content (AvgIpc) is 3.01. The summed E-state index contributed by atoms with van der Waals surface area (Å²) in [7, 11) is 0. The molecule has 126 valence electrons. The molecule has 1 aromatic heterocycles. The number of phenolic OH excluding ortho intramolecular Hbond substituents is 1. The summed E-state index contributed by atoms with van der Waals surface area (Å²) in [4.78, 5) is 17.1. The lowest BCUT2D eigenvalue weighted by molar-refractivity contribution is 0.104. The summed E-state index contributed by atoms with van der Waals surface area (Å²) in [6, 6.07) is 9.22. The van der Waals surface area contributed by atoms with Crippen LogP contribution in [0.25, 0.3) is 6.08 Å². The van der Waals surface area contributed by atoms with Crippen LogP contribution in [0.5, 0.6) is 5.75 Å². The van der Waals surface area contributed by atoms with Crippen LogP contribution >= 0.6 is 11.3 Å². The molecule has 0 radical (unpaired) electrons. The maximum absolute atomic E-state index is 12.4. The van der Waals surface area contributed by atoms with Crippen molar-refractivity contribution in [2.45, 2.75) is 32.7 Å². The molecule has 1 fully saturated rings. The summed E-state index contributed by atoms with van der Waals surface area (Å²) in [5, 5.41) is 10.1. The SMILES string of the molecule is Cc1ccc(/C=C/C(=O)c2ccc(O)c(CN3CCCCC3)c2)s1. The summed E-state index contributed by atoms with van der Waals surface area (Å²) >= 11 is 1.67. The number of carbonyl (C=O) groups excluding carboxylic acids is 1. The van der Waals surface area contributed by atoms with Gasteiger partial charge in [-0.15, -0.1) is 11.3 Å². The first kappa shape index (κ1) is 16.9. The smallest absolute Gasteiger partial charge is 0.185 e. The lowest BCUT2D eigenvalue weighted by atomic mass is 10.0. The number of benzene rings is 1. The number of carbonyl (C=O) groups is 1. The number of thiophene rings is 1. The summed E-state index contributed by atoms with van der Waals surface area (Å²) in [5.74, 6) is 0.246. The molecule has 2 aromatic rings. The fourth-order valence-electron chi connectivity index (χ4n) is 3.02. The van der Waals surface area contributed by atoms with E-state index in [4.69, 9.17) is 0 Å². The van der Waals surface area contributed by atoms with Crippen LogP contribution in [-0.4, -0.2) is 28.9 Å². The highest BCUT2D eigenvalue weighted by molar-refractivity contribution is 7.12. The van der Waals surface area contributed by atoms with E-state index in [1.807, 2.05) is 24.3 Å². The third kappa shape index (κ3) is 4.34. The maximum Gasteiger partial charge on any atom is 0.185 e. The molecule has 0 unspecified atom stereocenters. The topological polar surface area (TPSA) is 40.5 Å². The highest BCUT2D eigenvalue weighted by Gasteiger charge is 2.14. The van der Waals surface area contributed by atoms with E-state index in [0.29, 0.717) is 12.1 Å². The van der Waals surface area contributed by atoms with Gasteiger partial charge in [0.1, 0.15) is 5.75 Å². The molecule has 0 spiro atoms. The van der Waals surface area contributed by atoms with Crippen LogP contribution < -0.4 is 0 Å². The van der Waals surface area contributed by atoms with Crippen molar-refractivity contribution in [2.75, 3.05) is 13.1 Å². The number of piperidine rings is 1. The zero-order valence-corrected chi connectivity index (χ0v) is 14.8. The number of aryl methyl sites for hydroxylation is 1. The van der Waals surface area contributed by atoms with E-state index in [9.17, 15) is 9.90 Å². The van der Waals surface area contributed by atoms with Gasteiger partial charge in [0, 0.05) is 27.4 Å². The molecule has 24 heavy (non-hydrogen) atoms. The van der Waals surface area contributed by atoms with Crippen LogP contribution in [0.4, 0.5) is 0 Å². The van der Waals surface area contributed by atoms with E-state index in [2.05, 4.69) is 11.8 Å². The Bertz CT molecular complexity index is 742. The summed E-state index contributed by atoms with van der Waals surface area (Å²) in [5.41, 5.74) is 1.47. The molecular formula is C20H23NO2S. The first-order valence-corrected chi connectivity index (χ1v) is 9.26. The lowest BCUT2D eigenvalue weighted by Crippen LogP contribution is -2.29. The summed E-state index contributed by atoms with van der Waals surface area (Å²) in [6.45, 7) is 4.89. The molecule has 3 rings (SSSR count). The van der Waals surface area contributed by atoms with E-state index >= 15 is 0 Å². The predicted molar refractivity (Wildman–Crippen MR) is 99.7 cm³/mol. The molecule has 0 bridgehead atoms. The average molecular weight is 341 g/mol. The van der Waals surface area contributed by atoms with E-state index in [-0.39, 0.29) is 11.5 Å². The number of nitrogens with zero attached hydrogens (tertiary/aromatic N) is 1. The van der Waals surface area contributed by atoms with Crippen LogP contribution in [0.3, 0.4) is 0 Å². The Morgan fingerprint density at radius 3 is 2.71 bits per heavy atom. The molecule has 1 N–H and O–H groups in total. The van der Waals surface area contributed by atoms with Crippen LogP contribution in [0, 0.1) is 6.92 Å². The van der Waals surface area contributed by atoms with Gasteiger partial charge in [-0.1, -0.05) is 6.42 Å². The van der Waals surface area contributed by atoms with Crippen molar-refractivity contribution in [3.63, 3.8) is 0 Å². The van der Waals surface area contributed by atoms with Gasteiger partial charge in [-0.05, 0) is 75.3 Å². The van der Waals surface area contributed by atoms with Crippen molar-refractivity contribution in [2.24, 2.45) is 0 Å². The number of hydrogen-bond acceptors (Lipinski definition) is 4. The second kappa shape index (κ2) is 7.77. The normalized spacial score (nSPS) is 15.9. The minimum absolute atomic E-state index is 0.0269. The van der Waals surface area contributed by atoms with Gasteiger partial charge in [-0.2, -0.15) is 0 Å². The van der Waals surface area contributed by atoms with Crippen molar-refractivity contribution in [3.8, 4) is 5.75 Å². The molecule has 1 saturated heterocycles. The number of likely N-dealkylation sites (tertiary alicyclic amines) is 1. The highest BCUT2D eigenvalue weighted by Crippen LogP contribution is 2.23. The van der Waals surface area contributed by atoms with Crippen molar-refractivity contribution in [1.29, 1.82) is 0 Å². The molecule has 0 amide bonds. The molecule has 0 aliphatic carbocycles. The number of hydrogen-bond donors (Lipinski definition) is 1. The number of phenols is 1. The Kier molecular flexibility index (Phi) is 5.48. The second-order valence-corrected chi connectivity index (χ2v) is 7.65. The highest BCUT2D eigenvalue weighted by atomic mass is 32.1. The van der Waals surface area contributed by atoms with Crippen LogP contribution in [0.1, 0.15) is 44.9 Å². The van der Waals surface area contributed by atoms with Crippen molar-refractivity contribution in [3.05, 3.63) is 57.3 Å². The van der Waals surface area contributed by atoms with Gasteiger partial charge in [0.05, 0.1) is 0 Å². The van der Waals surface area contributed by atoms with Crippen molar-refractivity contribution < 1.29 is 9.90 Å². The van der Waals surface area contributed by atoms with Crippen molar-refractivity contribution >= 4 is 23.2 Å². The van der Waals surface area contributed by atoms with Gasteiger partial charge in [-0.25, -0.2) is 0 Å². The first-order valence-electron chi connectivity index (χ1n) is 8.45. The standard InChI is InChI=1S/C20H23NO2S/c1-15-5-7-18(24-15)8-10-19(22)16-6-9-20(23)17(13-16)14-21-11-3-2-4-12-21/h5-10,13,23H,2-4,11-12,14H2,1H3/b10-8+. The third-order valence-corrected chi connectivity index (χ3v) is 5.33. The first-order chi connectivity index (χ1) is 11.6. The monoisotopic (exact) mass is 341 g/mol. The summed E-state index contributed by atoms with van der Waals surface area (Å²) < 4.78 is 0. The minimum Gasteiger partial charge on any atom is -0.508 e. The van der Waals surface area contributed by atoms with E-state index in [0.717, 1.165) is 23.5 Å². The molecule has 3 nitrogen and oxygen atoms in total. The van der Waals surface area contributed by atoms with Gasteiger partial charge in [0.15, 0.2) is 5.78 Å². The third-order valence-electron chi connectivity index (χ3n) is 4.37. The fourth-order valence-corrected chi connectivity index (χ4v) is 3.80. The van der Waals surface area contributed by atoms with E-state index in [1.165, 1.54) is 24.1 Å². The van der Waals surface area contributed by atoms with Gasteiger partial charge < -0.3 is 5.11 Å². The van der Waals surface area contributed by atoms with Gasteiger partial charge in [0.25, 0.3) is 0 Å². The molecule has 0 atom stereocenters. The maximum atomic E-state index is 12.4. The minimum atomic E-state index is -0.0269. The number of allylic oxidation sites excluding steroid dienone is 1. The molecule has 1 aliphatic heterocycles. The van der Waals surface area contributed by atoms with Gasteiger partial charge in [0.2, 0.25) is 0 Å². The Morgan fingerprint density at radius 2 is 2.00 bits per heavy atom. The molecular weight excluding hydrogens is 318 g/mol. The number of ketones is 1. The molecule has 1 aromatic carbocycles. The largest absolute Gasteiger partial charge is 0.508 e. The summed E-state index contributed by atoms with van der Waals surface area (Å²) in [6.07, 6.45) is 7.18. The Morgan fingerprint density at radius 1 is 1.21 bits per heavy atom. The zero-order chi connectivity index (χ0) is 16.9. The van der Waals surface area contributed by atoms with E-state index in [1.54, 1.807) is 29.5 Å². The van der Waals surface area contributed by atoms with Gasteiger partial charge in [-0.3, -0.25) is 9.69 Å². The number of aromatic hydroxyl groups is 1. The van der Waals surface area contributed by atoms with E-state index < -0.39 is 0 Å². The quantitative estimate of drug-likeness (QED) is 0.636. The van der Waals surface area contributed by atoms with Gasteiger partial charge >= 0.3 is 0 Å². The Labute approximate surface area is 147 Å². The fraction of sp³-hybridized carbons (Fsp3) is 0.350. The van der Waals surface area contributed by atoms with Crippen molar-refractivity contribution in [1.82, 2.24) is 4.90 Å². The van der Waals surface area contributed by atoms with Crippen LogP contribution in [0.15, 0.2) is 36.4 Å². The zero-order valence-electron chi connectivity index (χ0n) is 14.0. The second-order valence-electron chi connectivity index (χ2n) is 6.33. The molecule has 0 saturated carbocycles. The Balaban J connectivity index is 1.72. The Hall–Kier alpha value is -1.91. The molecule has 4 heteroatoms.